The highest BCUT2D eigenvalue weighted by Crippen LogP contribution is 2.31. The van der Waals surface area contributed by atoms with Crippen LogP contribution in [0.3, 0.4) is 0 Å². The molecule has 0 bridgehead atoms. The van der Waals surface area contributed by atoms with Crippen LogP contribution in [0, 0.1) is 0 Å². The predicted octanol–water partition coefficient (Wildman–Crippen LogP) is 4.75. The van der Waals surface area contributed by atoms with Gasteiger partial charge < -0.3 is 14.8 Å². The zero-order valence-electron chi connectivity index (χ0n) is 16.9. The highest BCUT2D eigenvalue weighted by Gasteiger charge is 2.16. The molecule has 0 atom stereocenters. The molecule has 1 aromatic heterocycles. The molecule has 0 spiro atoms. The molecule has 0 radical (unpaired) electrons. The van der Waals surface area contributed by atoms with E-state index >= 15 is 0 Å². The number of aromatic nitrogens is 1. The first-order valence-corrected chi connectivity index (χ1v) is 11.0. The smallest absolute Gasteiger partial charge is 0.224 e. The van der Waals surface area contributed by atoms with Crippen molar-refractivity contribution in [2.24, 2.45) is 0 Å². The highest BCUT2D eigenvalue weighted by atomic mass is 32.2. The number of carbonyl (C=O) groups is 2. The van der Waals surface area contributed by atoms with Crippen LogP contribution in [0.1, 0.15) is 28.8 Å². The predicted molar refractivity (Wildman–Crippen MR) is 120 cm³/mol. The van der Waals surface area contributed by atoms with E-state index in [0.29, 0.717) is 36.0 Å². The van der Waals surface area contributed by atoms with Crippen LogP contribution in [0.4, 0.5) is 5.69 Å². The van der Waals surface area contributed by atoms with E-state index in [1.54, 1.807) is 36.2 Å². The maximum atomic E-state index is 12.4. The number of anilines is 1. The van der Waals surface area contributed by atoms with Crippen molar-refractivity contribution in [2.45, 2.75) is 23.5 Å². The number of thioether (sulfide) groups is 1. The van der Waals surface area contributed by atoms with Crippen LogP contribution >= 0.6 is 11.8 Å². The Bertz CT molecular complexity index is 1050. The van der Waals surface area contributed by atoms with Crippen LogP contribution in [0.25, 0.3) is 0 Å². The van der Waals surface area contributed by atoms with E-state index in [4.69, 9.17) is 9.47 Å². The van der Waals surface area contributed by atoms with E-state index < -0.39 is 0 Å². The quantitative estimate of drug-likeness (QED) is 0.407. The Morgan fingerprint density at radius 2 is 1.77 bits per heavy atom. The standard InChI is InChI=1S/C24H22N2O4S/c27-21(18-3-9-22-23(14-18)30-13-12-29-22)8-10-24(28)26-19-4-6-20(7-5-19)31-16-17-2-1-11-25-15-17/h1-7,9,11,14-15H,8,10,12-13,16H2,(H,26,28). The number of Topliss-reactive ketones (excluding diaryl/α,β-unsaturated/α-hetero) is 1. The number of carbonyl (C=O) groups excluding carboxylic acids is 2. The molecule has 158 valence electrons. The third-order valence-corrected chi connectivity index (χ3v) is 5.79. The van der Waals surface area contributed by atoms with E-state index in [2.05, 4.69) is 10.3 Å². The van der Waals surface area contributed by atoms with Gasteiger partial charge >= 0.3 is 0 Å². The molecule has 4 rings (SSSR count). The van der Waals surface area contributed by atoms with Crippen LogP contribution in [0.15, 0.2) is 71.9 Å². The van der Waals surface area contributed by atoms with Crippen LogP contribution < -0.4 is 14.8 Å². The van der Waals surface area contributed by atoms with Crippen molar-refractivity contribution in [3.8, 4) is 11.5 Å². The second-order valence-corrected chi connectivity index (χ2v) is 8.05. The molecule has 0 saturated carbocycles. The maximum absolute atomic E-state index is 12.4. The van der Waals surface area contributed by atoms with E-state index in [0.717, 1.165) is 16.2 Å². The van der Waals surface area contributed by atoms with E-state index in [1.165, 1.54) is 0 Å². The minimum atomic E-state index is -0.193. The Hall–Kier alpha value is -3.32. The number of nitrogens with zero attached hydrogens (tertiary/aromatic N) is 1. The van der Waals surface area contributed by atoms with Crippen LogP contribution in [0.2, 0.25) is 0 Å². The number of nitrogens with one attached hydrogen (secondary N) is 1. The number of rotatable bonds is 8. The van der Waals surface area contributed by atoms with Crippen molar-refractivity contribution < 1.29 is 19.1 Å². The summed E-state index contributed by atoms with van der Waals surface area (Å²) in [5.41, 5.74) is 2.39. The van der Waals surface area contributed by atoms with Crippen molar-refractivity contribution in [3.05, 3.63) is 78.1 Å². The number of hydrogen-bond acceptors (Lipinski definition) is 6. The normalized spacial score (nSPS) is 12.3. The van der Waals surface area contributed by atoms with Gasteiger partial charge in [0.25, 0.3) is 0 Å². The lowest BCUT2D eigenvalue weighted by atomic mass is 10.1. The number of ether oxygens (including phenoxy) is 2. The topological polar surface area (TPSA) is 77.5 Å². The van der Waals surface area contributed by atoms with E-state index in [1.807, 2.05) is 42.6 Å². The van der Waals surface area contributed by atoms with Gasteiger partial charge in [-0.3, -0.25) is 14.6 Å². The highest BCUT2D eigenvalue weighted by molar-refractivity contribution is 7.98. The summed E-state index contributed by atoms with van der Waals surface area (Å²) < 4.78 is 11.0. The van der Waals surface area contributed by atoms with Gasteiger partial charge in [0.2, 0.25) is 5.91 Å². The molecule has 3 aromatic rings. The number of hydrogen-bond donors (Lipinski definition) is 1. The van der Waals surface area contributed by atoms with Crippen molar-refractivity contribution in [2.75, 3.05) is 18.5 Å². The molecule has 0 unspecified atom stereocenters. The summed E-state index contributed by atoms with van der Waals surface area (Å²) in [5, 5.41) is 2.84. The second kappa shape index (κ2) is 10.1. The lowest BCUT2D eigenvalue weighted by molar-refractivity contribution is -0.116. The van der Waals surface area contributed by atoms with Gasteiger partial charge in [0.1, 0.15) is 13.2 Å². The van der Waals surface area contributed by atoms with Gasteiger partial charge in [-0.25, -0.2) is 0 Å². The fraction of sp³-hybridized carbons (Fsp3) is 0.208. The van der Waals surface area contributed by atoms with Crippen molar-refractivity contribution >= 4 is 29.1 Å². The first-order chi connectivity index (χ1) is 15.2. The number of benzene rings is 2. The Morgan fingerprint density at radius 3 is 2.55 bits per heavy atom. The molecule has 0 aliphatic carbocycles. The average molecular weight is 435 g/mol. The Kier molecular flexibility index (Phi) is 6.84. The van der Waals surface area contributed by atoms with Gasteiger partial charge in [-0.1, -0.05) is 6.07 Å². The van der Waals surface area contributed by atoms with Gasteiger partial charge in [-0.15, -0.1) is 11.8 Å². The van der Waals surface area contributed by atoms with Crippen LogP contribution in [-0.2, 0) is 10.5 Å². The fourth-order valence-corrected chi connectivity index (χ4v) is 3.93. The van der Waals surface area contributed by atoms with Gasteiger partial charge in [0.15, 0.2) is 17.3 Å². The zero-order valence-corrected chi connectivity index (χ0v) is 17.7. The van der Waals surface area contributed by atoms with Gasteiger partial charge in [-0.05, 0) is 54.1 Å². The van der Waals surface area contributed by atoms with Gasteiger partial charge in [-0.2, -0.15) is 0 Å². The summed E-state index contributed by atoms with van der Waals surface area (Å²) in [6.45, 7) is 0.971. The molecule has 7 heteroatoms. The number of fused-ring (bicyclic) bond motifs is 1. The van der Waals surface area contributed by atoms with E-state index in [-0.39, 0.29) is 24.5 Å². The minimum Gasteiger partial charge on any atom is -0.486 e. The number of amides is 1. The molecule has 0 saturated heterocycles. The number of ketones is 1. The molecule has 2 aromatic carbocycles. The van der Waals surface area contributed by atoms with Crippen molar-refractivity contribution in [1.29, 1.82) is 0 Å². The molecule has 31 heavy (non-hydrogen) atoms. The zero-order chi connectivity index (χ0) is 21.5. The summed E-state index contributed by atoms with van der Waals surface area (Å²) in [6.07, 6.45) is 3.86. The van der Waals surface area contributed by atoms with Crippen molar-refractivity contribution in [1.82, 2.24) is 4.98 Å². The third kappa shape index (κ3) is 5.86. The first-order valence-electron chi connectivity index (χ1n) is 10.0. The lowest BCUT2D eigenvalue weighted by Crippen LogP contribution is -2.16. The fourth-order valence-electron chi connectivity index (χ4n) is 3.10. The summed E-state index contributed by atoms with van der Waals surface area (Å²) in [6, 6.07) is 16.8. The average Bonchev–Trinajstić information content (AvgIpc) is 2.82. The summed E-state index contributed by atoms with van der Waals surface area (Å²) in [4.78, 5) is 29.9. The summed E-state index contributed by atoms with van der Waals surface area (Å²) >= 11 is 1.71. The Balaban J connectivity index is 1.24. The molecule has 0 fully saturated rings. The molecule has 1 N–H and O–H groups in total. The minimum absolute atomic E-state index is 0.103. The molecule has 1 aliphatic heterocycles. The lowest BCUT2D eigenvalue weighted by Gasteiger charge is -2.18. The Morgan fingerprint density at radius 1 is 0.968 bits per heavy atom. The number of pyridine rings is 1. The molecule has 1 aliphatic rings. The van der Waals surface area contributed by atoms with Crippen LogP contribution in [0.5, 0.6) is 11.5 Å². The summed E-state index contributed by atoms with van der Waals surface area (Å²) in [7, 11) is 0. The third-order valence-electron chi connectivity index (χ3n) is 4.71. The van der Waals surface area contributed by atoms with E-state index in [9.17, 15) is 9.59 Å². The van der Waals surface area contributed by atoms with Gasteiger partial charge in [0.05, 0.1) is 0 Å². The molecule has 1 amide bonds. The molecule has 2 heterocycles. The molecule has 6 nitrogen and oxygen atoms in total. The van der Waals surface area contributed by atoms with Crippen LogP contribution in [-0.4, -0.2) is 29.9 Å². The second-order valence-electron chi connectivity index (χ2n) is 7.00. The Labute approximate surface area is 185 Å². The maximum Gasteiger partial charge on any atom is 0.224 e. The van der Waals surface area contributed by atoms with Crippen molar-refractivity contribution in [3.63, 3.8) is 0 Å². The molecular formula is C24H22N2O4S. The first kappa shape index (κ1) is 20.9. The molecular weight excluding hydrogens is 412 g/mol. The monoisotopic (exact) mass is 434 g/mol. The SMILES string of the molecule is O=C(CCC(=O)c1ccc2c(c1)OCCO2)Nc1ccc(SCc2cccnc2)cc1. The van der Waals surface area contributed by atoms with Gasteiger partial charge in [0, 0.05) is 47.1 Å². The largest absolute Gasteiger partial charge is 0.486 e. The summed E-state index contributed by atoms with van der Waals surface area (Å²) in [5.74, 6) is 1.75.